The highest BCUT2D eigenvalue weighted by molar-refractivity contribution is 6.33. The van der Waals surface area contributed by atoms with Crippen LogP contribution in [-0.4, -0.2) is 15.6 Å². The molecule has 2 heterocycles. The molecule has 0 unspecified atom stereocenters. The van der Waals surface area contributed by atoms with Crippen molar-refractivity contribution in [2.75, 3.05) is 0 Å². The molecule has 4 nitrogen and oxygen atoms in total. The zero-order chi connectivity index (χ0) is 17.1. The topological polar surface area (TPSA) is 48.0 Å². The molecule has 3 aromatic rings. The lowest BCUT2D eigenvalue weighted by molar-refractivity contribution is 0.104. The fraction of sp³-hybridized carbons (Fsp3) is 0.158. The Morgan fingerprint density at radius 1 is 1.29 bits per heavy atom. The monoisotopic (exact) mass is 340 g/mol. The third kappa shape index (κ3) is 3.19. The molecule has 0 aliphatic carbocycles. The molecule has 0 bridgehead atoms. The van der Waals surface area contributed by atoms with Crippen molar-refractivity contribution in [1.29, 1.82) is 0 Å². The number of aromatic nitrogens is 2. The Bertz CT molecular complexity index is 906. The summed E-state index contributed by atoms with van der Waals surface area (Å²) in [7, 11) is 0. The van der Waals surface area contributed by atoms with Gasteiger partial charge in [0.2, 0.25) is 0 Å². The highest BCUT2D eigenvalue weighted by Gasteiger charge is 2.11. The minimum atomic E-state index is -0.0945. The van der Waals surface area contributed by atoms with Crippen molar-refractivity contribution >= 4 is 23.5 Å². The maximum Gasteiger partial charge on any atom is 0.189 e. The molecule has 0 radical (unpaired) electrons. The van der Waals surface area contributed by atoms with Crippen molar-refractivity contribution in [1.82, 2.24) is 9.78 Å². The zero-order valence-corrected chi connectivity index (χ0v) is 14.2. The molecule has 0 atom stereocenters. The second-order valence-corrected chi connectivity index (χ2v) is 5.75. The van der Waals surface area contributed by atoms with E-state index in [-0.39, 0.29) is 5.78 Å². The molecular formula is C19H17ClN2O2. The molecule has 24 heavy (non-hydrogen) atoms. The Morgan fingerprint density at radius 2 is 2.08 bits per heavy atom. The summed E-state index contributed by atoms with van der Waals surface area (Å²) in [6, 6.07) is 11.1. The van der Waals surface area contributed by atoms with E-state index in [1.807, 2.05) is 50.2 Å². The predicted octanol–water partition coefficient (Wildman–Crippen LogP) is 5.02. The molecule has 0 N–H and O–H groups in total. The molecule has 0 aliphatic rings. The van der Waals surface area contributed by atoms with Gasteiger partial charge in [0.05, 0.1) is 16.8 Å². The number of aryl methyl sites for hydroxylation is 1. The fourth-order valence-corrected chi connectivity index (χ4v) is 2.73. The number of carbonyl (C=O) groups is 1. The van der Waals surface area contributed by atoms with E-state index in [1.54, 1.807) is 17.0 Å². The van der Waals surface area contributed by atoms with Crippen molar-refractivity contribution < 1.29 is 9.21 Å². The van der Waals surface area contributed by atoms with Crippen molar-refractivity contribution in [2.45, 2.75) is 20.4 Å². The summed E-state index contributed by atoms with van der Waals surface area (Å²) in [6.07, 6.45) is 4.76. The van der Waals surface area contributed by atoms with Crippen LogP contribution in [-0.2, 0) is 6.54 Å². The minimum absolute atomic E-state index is 0.0945. The van der Waals surface area contributed by atoms with E-state index >= 15 is 0 Å². The molecule has 2 aromatic heterocycles. The van der Waals surface area contributed by atoms with Gasteiger partial charge >= 0.3 is 0 Å². The Labute approximate surface area is 145 Å². The van der Waals surface area contributed by atoms with Gasteiger partial charge in [0.15, 0.2) is 5.78 Å². The molecule has 0 saturated carbocycles. The Hall–Kier alpha value is -2.59. The third-order valence-electron chi connectivity index (χ3n) is 3.83. The second-order valence-electron chi connectivity index (χ2n) is 5.34. The summed E-state index contributed by atoms with van der Waals surface area (Å²) in [5.74, 6) is 1.17. The smallest absolute Gasteiger partial charge is 0.189 e. The summed E-state index contributed by atoms with van der Waals surface area (Å²) < 4.78 is 7.54. The third-order valence-corrected chi connectivity index (χ3v) is 4.16. The standard InChI is InChI=1S/C19H17ClN2O2/c1-3-22-13(2)16(12-21-22)18(23)10-8-14-9-11-19(24-14)15-6-4-5-7-17(15)20/h4-12H,3H2,1-2H3. The van der Waals surface area contributed by atoms with Gasteiger partial charge in [0.25, 0.3) is 0 Å². The van der Waals surface area contributed by atoms with Gasteiger partial charge in [-0.3, -0.25) is 9.48 Å². The van der Waals surface area contributed by atoms with Crippen LogP contribution in [0.1, 0.15) is 28.7 Å². The first-order chi connectivity index (χ1) is 11.6. The van der Waals surface area contributed by atoms with E-state index < -0.39 is 0 Å². The second kappa shape index (κ2) is 6.89. The lowest BCUT2D eigenvalue weighted by atomic mass is 10.1. The van der Waals surface area contributed by atoms with Crippen molar-refractivity contribution in [3.05, 3.63) is 70.7 Å². The highest BCUT2D eigenvalue weighted by atomic mass is 35.5. The number of ketones is 1. The van der Waals surface area contributed by atoms with Crippen LogP contribution in [0.15, 0.2) is 53.1 Å². The van der Waals surface area contributed by atoms with Crippen molar-refractivity contribution in [2.24, 2.45) is 0 Å². The largest absolute Gasteiger partial charge is 0.457 e. The fourth-order valence-electron chi connectivity index (χ4n) is 2.50. The molecule has 3 rings (SSSR count). The quantitative estimate of drug-likeness (QED) is 0.484. The summed E-state index contributed by atoms with van der Waals surface area (Å²) >= 11 is 6.17. The van der Waals surface area contributed by atoms with Crippen LogP contribution in [0.5, 0.6) is 0 Å². The van der Waals surface area contributed by atoms with Gasteiger partial charge in [-0.2, -0.15) is 5.10 Å². The lowest BCUT2D eigenvalue weighted by Gasteiger charge is -1.99. The van der Waals surface area contributed by atoms with Crippen LogP contribution >= 0.6 is 11.6 Å². The number of rotatable bonds is 5. The van der Waals surface area contributed by atoms with Crippen molar-refractivity contribution in [3.8, 4) is 11.3 Å². The first-order valence-corrected chi connectivity index (χ1v) is 8.07. The molecule has 0 fully saturated rings. The van der Waals surface area contributed by atoms with Crippen LogP contribution in [0.2, 0.25) is 5.02 Å². The molecular weight excluding hydrogens is 324 g/mol. The Morgan fingerprint density at radius 3 is 2.79 bits per heavy atom. The Kier molecular flexibility index (Phi) is 4.67. The van der Waals surface area contributed by atoms with Gasteiger partial charge in [-0.05, 0) is 50.3 Å². The van der Waals surface area contributed by atoms with E-state index in [2.05, 4.69) is 5.10 Å². The first-order valence-electron chi connectivity index (χ1n) is 7.69. The molecule has 0 amide bonds. The summed E-state index contributed by atoms with van der Waals surface area (Å²) in [5, 5.41) is 4.81. The molecule has 0 saturated heterocycles. The molecule has 5 heteroatoms. The van der Waals surface area contributed by atoms with E-state index in [1.165, 1.54) is 6.08 Å². The number of halogens is 1. The number of furan rings is 1. The van der Waals surface area contributed by atoms with E-state index in [9.17, 15) is 4.79 Å². The first kappa shape index (κ1) is 16.3. The van der Waals surface area contributed by atoms with Gasteiger partial charge in [-0.25, -0.2) is 0 Å². The maximum absolute atomic E-state index is 12.3. The van der Waals surface area contributed by atoms with Crippen LogP contribution in [0.25, 0.3) is 17.4 Å². The van der Waals surface area contributed by atoms with Crippen LogP contribution in [0.3, 0.4) is 0 Å². The molecule has 0 aliphatic heterocycles. The van der Waals surface area contributed by atoms with Gasteiger partial charge < -0.3 is 4.42 Å². The molecule has 122 valence electrons. The van der Waals surface area contributed by atoms with Crippen LogP contribution < -0.4 is 0 Å². The summed E-state index contributed by atoms with van der Waals surface area (Å²) in [4.78, 5) is 12.3. The number of carbonyl (C=O) groups excluding carboxylic acids is 1. The number of nitrogens with zero attached hydrogens (tertiary/aromatic N) is 2. The van der Waals surface area contributed by atoms with Crippen LogP contribution in [0.4, 0.5) is 0 Å². The van der Waals surface area contributed by atoms with Gasteiger partial charge in [0, 0.05) is 17.8 Å². The average molecular weight is 341 g/mol. The zero-order valence-electron chi connectivity index (χ0n) is 13.5. The number of allylic oxidation sites excluding steroid dienone is 1. The summed E-state index contributed by atoms with van der Waals surface area (Å²) in [5.41, 5.74) is 2.29. The predicted molar refractivity (Wildman–Crippen MR) is 95.2 cm³/mol. The SMILES string of the molecule is CCn1ncc(C(=O)C=Cc2ccc(-c3ccccc3Cl)o2)c1C. The van der Waals surface area contributed by atoms with Crippen LogP contribution in [0, 0.1) is 6.92 Å². The average Bonchev–Trinajstić information content (AvgIpc) is 3.19. The number of benzene rings is 1. The van der Waals surface area contributed by atoms with Gasteiger partial charge in [-0.15, -0.1) is 0 Å². The number of hydrogen-bond donors (Lipinski definition) is 0. The minimum Gasteiger partial charge on any atom is -0.457 e. The highest BCUT2D eigenvalue weighted by Crippen LogP contribution is 2.29. The van der Waals surface area contributed by atoms with E-state index in [0.717, 1.165) is 17.8 Å². The Balaban J connectivity index is 1.79. The lowest BCUT2D eigenvalue weighted by Crippen LogP contribution is -2.01. The van der Waals surface area contributed by atoms with E-state index in [0.29, 0.717) is 22.1 Å². The van der Waals surface area contributed by atoms with Gasteiger partial charge in [-0.1, -0.05) is 23.7 Å². The summed E-state index contributed by atoms with van der Waals surface area (Å²) in [6.45, 7) is 4.62. The maximum atomic E-state index is 12.3. The van der Waals surface area contributed by atoms with Gasteiger partial charge in [0.1, 0.15) is 11.5 Å². The van der Waals surface area contributed by atoms with Crippen molar-refractivity contribution in [3.63, 3.8) is 0 Å². The van der Waals surface area contributed by atoms with E-state index in [4.69, 9.17) is 16.0 Å². The molecule has 1 aromatic carbocycles. The molecule has 0 spiro atoms. The number of hydrogen-bond acceptors (Lipinski definition) is 3. The normalized spacial score (nSPS) is 11.3.